The van der Waals surface area contributed by atoms with E-state index < -0.39 is 5.91 Å². The van der Waals surface area contributed by atoms with Crippen molar-refractivity contribution in [2.24, 2.45) is 11.7 Å². The summed E-state index contributed by atoms with van der Waals surface area (Å²) in [5.41, 5.74) is 6.40. The smallest absolute Gasteiger partial charge is 0.267 e. The lowest BCUT2D eigenvalue weighted by Gasteiger charge is -2.33. The van der Waals surface area contributed by atoms with Gasteiger partial charge in [0.25, 0.3) is 5.91 Å². The molecule has 2 aromatic rings. The number of hydrogen-bond acceptors (Lipinski definition) is 5. The summed E-state index contributed by atoms with van der Waals surface area (Å²) in [4.78, 5) is 26.1. The predicted octanol–water partition coefficient (Wildman–Crippen LogP) is 1.88. The van der Waals surface area contributed by atoms with Crippen LogP contribution in [0.4, 0.5) is 10.2 Å². The molecule has 6 nitrogen and oxygen atoms in total. The summed E-state index contributed by atoms with van der Waals surface area (Å²) in [5.74, 6) is 0.859. The van der Waals surface area contributed by atoms with Gasteiger partial charge in [-0.05, 0) is 50.3 Å². The number of amides is 1. The minimum absolute atomic E-state index is 0.255. The fraction of sp³-hybridized carbons (Fsp3) is 0.412. The monoisotopic (exact) mass is 329 g/mol. The molecule has 0 spiro atoms. The van der Waals surface area contributed by atoms with Crippen LogP contribution >= 0.6 is 0 Å². The Morgan fingerprint density at radius 3 is 2.96 bits per heavy atom. The molecule has 126 valence electrons. The van der Waals surface area contributed by atoms with Crippen molar-refractivity contribution in [2.75, 3.05) is 18.0 Å². The quantitative estimate of drug-likeness (QED) is 0.926. The highest BCUT2D eigenvalue weighted by Gasteiger charge is 2.22. The molecule has 0 radical (unpaired) electrons. The van der Waals surface area contributed by atoms with E-state index in [4.69, 9.17) is 5.73 Å². The molecular weight excluding hydrogens is 309 g/mol. The third-order valence-electron chi connectivity index (χ3n) is 4.20. The number of anilines is 1. The number of hydrogen-bond donors (Lipinski definition) is 1. The number of primary amides is 1. The van der Waals surface area contributed by atoms with Gasteiger partial charge in [0.1, 0.15) is 23.2 Å². The number of carbonyl (C=O) groups is 1. The molecule has 1 aliphatic heterocycles. The van der Waals surface area contributed by atoms with Gasteiger partial charge in [0.2, 0.25) is 0 Å². The van der Waals surface area contributed by atoms with Crippen LogP contribution in [0.1, 0.15) is 34.8 Å². The Labute approximate surface area is 139 Å². The summed E-state index contributed by atoms with van der Waals surface area (Å²) in [6.07, 6.45) is 4.11. The Kier molecular flexibility index (Phi) is 4.69. The van der Waals surface area contributed by atoms with E-state index in [2.05, 4.69) is 19.9 Å². The second-order valence-corrected chi connectivity index (χ2v) is 6.15. The second kappa shape index (κ2) is 6.90. The van der Waals surface area contributed by atoms with E-state index in [9.17, 15) is 9.18 Å². The van der Waals surface area contributed by atoms with Crippen LogP contribution in [0.3, 0.4) is 0 Å². The first kappa shape index (κ1) is 16.3. The van der Waals surface area contributed by atoms with Gasteiger partial charge in [-0.1, -0.05) is 0 Å². The van der Waals surface area contributed by atoms with E-state index in [0.29, 0.717) is 11.7 Å². The fourth-order valence-electron chi connectivity index (χ4n) is 3.15. The lowest BCUT2D eigenvalue weighted by atomic mass is 9.93. The first-order valence-corrected chi connectivity index (χ1v) is 8.02. The van der Waals surface area contributed by atoms with Gasteiger partial charge in [0, 0.05) is 18.8 Å². The molecule has 0 unspecified atom stereocenters. The topological polar surface area (TPSA) is 85.0 Å². The average molecular weight is 329 g/mol. The van der Waals surface area contributed by atoms with Gasteiger partial charge in [-0.3, -0.25) is 4.79 Å². The van der Waals surface area contributed by atoms with Crippen LogP contribution in [0, 0.1) is 18.7 Å². The molecule has 3 rings (SSSR count). The highest BCUT2D eigenvalue weighted by molar-refractivity contribution is 5.90. The molecule has 24 heavy (non-hydrogen) atoms. The molecule has 1 saturated heterocycles. The maximum absolute atomic E-state index is 13.0. The van der Waals surface area contributed by atoms with Crippen molar-refractivity contribution >= 4 is 11.7 Å². The van der Waals surface area contributed by atoms with Gasteiger partial charge in [-0.15, -0.1) is 0 Å². The number of piperidine rings is 1. The molecule has 0 saturated carbocycles. The van der Waals surface area contributed by atoms with Crippen LogP contribution in [0.15, 0.2) is 24.4 Å². The number of halogens is 1. The van der Waals surface area contributed by atoms with E-state index in [-0.39, 0.29) is 11.5 Å². The third kappa shape index (κ3) is 3.84. The maximum Gasteiger partial charge on any atom is 0.267 e. The van der Waals surface area contributed by atoms with Gasteiger partial charge in [0.15, 0.2) is 0 Å². The first-order valence-electron chi connectivity index (χ1n) is 8.02. The van der Waals surface area contributed by atoms with E-state index in [1.165, 1.54) is 12.3 Å². The molecule has 1 amide bonds. The van der Waals surface area contributed by atoms with Crippen molar-refractivity contribution in [1.29, 1.82) is 0 Å². The van der Waals surface area contributed by atoms with E-state index in [1.54, 1.807) is 19.1 Å². The summed E-state index contributed by atoms with van der Waals surface area (Å²) in [6.45, 7) is 3.49. The predicted molar refractivity (Wildman–Crippen MR) is 88.1 cm³/mol. The first-order chi connectivity index (χ1) is 11.5. The zero-order valence-corrected chi connectivity index (χ0v) is 13.6. The highest BCUT2D eigenvalue weighted by Crippen LogP contribution is 2.24. The van der Waals surface area contributed by atoms with Gasteiger partial charge < -0.3 is 10.6 Å². The molecule has 1 aliphatic rings. The van der Waals surface area contributed by atoms with Crippen molar-refractivity contribution in [3.63, 3.8) is 0 Å². The standard InChI is InChI=1S/C17H20FN5O/c1-11-21-14(8-15(22-11)17(19)24)7-12-3-2-6-23(10-12)16-5-4-13(18)9-20-16/h4-5,8-9,12H,2-3,6-7,10H2,1H3,(H2,19,24)/t12-/m0/s1. The molecule has 2 aromatic heterocycles. The zero-order chi connectivity index (χ0) is 17.1. The fourth-order valence-corrected chi connectivity index (χ4v) is 3.15. The van der Waals surface area contributed by atoms with Gasteiger partial charge in [-0.25, -0.2) is 19.3 Å². The zero-order valence-electron chi connectivity index (χ0n) is 13.6. The number of rotatable bonds is 4. The number of nitrogens with zero attached hydrogens (tertiary/aromatic N) is 4. The van der Waals surface area contributed by atoms with E-state index in [1.807, 2.05) is 0 Å². The summed E-state index contributed by atoms with van der Waals surface area (Å²) >= 11 is 0. The number of aryl methyl sites for hydroxylation is 1. The SMILES string of the molecule is Cc1nc(C[C@@H]2CCCN(c3ccc(F)cn3)C2)cc(C(N)=O)n1. The Morgan fingerprint density at radius 1 is 1.42 bits per heavy atom. The average Bonchev–Trinajstić information content (AvgIpc) is 2.55. The lowest BCUT2D eigenvalue weighted by molar-refractivity contribution is 0.0995. The number of carbonyl (C=O) groups excluding carboxylic acids is 1. The van der Waals surface area contributed by atoms with Crippen molar-refractivity contribution in [3.05, 3.63) is 47.4 Å². The number of aromatic nitrogens is 3. The number of nitrogens with two attached hydrogens (primary N) is 1. The van der Waals surface area contributed by atoms with Crippen LogP contribution in [0.25, 0.3) is 0 Å². The van der Waals surface area contributed by atoms with E-state index in [0.717, 1.165) is 43.9 Å². The van der Waals surface area contributed by atoms with Crippen molar-refractivity contribution in [2.45, 2.75) is 26.2 Å². The highest BCUT2D eigenvalue weighted by atomic mass is 19.1. The molecule has 7 heteroatoms. The Balaban J connectivity index is 1.71. The van der Waals surface area contributed by atoms with Crippen LogP contribution in [-0.2, 0) is 6.42 Å². The van der Waals surface area contributed by atoms with Crippen molar-refractivity contribution < 1.29 is 9.18 Å². The molecular formula is C17H20FN5O. The Hall–Kier alpha value is -2.57. The third-order valence-corrected chi connectivity index (χ3v) is 4.20. The summed E-state index contributed by atoms with van der Waals surface area (Å²) in [6, 6.07) is 4.81. The summed E-state index contributed by atoms with van der Waals surface area (Å²) in [5, 5.41) is 0. The summed E-state index contributed by atoms with van der Waals surface area (Å²) in [7, 11) is 0. The molecule has 0 aliphatic carbocycles. The Morgan fingerprint density at radius 2 is 2.25 bits per heavy atom. The van der Waals surface area contributed by atoms with Gasteiger partial charge >= 0.3 is 0 Å². The summed E-state index contributed by atoms with van der Waals surface area (Å²) < 4.78 is 13.0. The van der Waals surface area contributed by atoms with Crippen molar-refractivity contribution in [1.82, 2.24) is 15.0 Å². The molecule has 0 bridgehead atoms. The lowest BCUT2D eigenvalue weighted by Crippen LogP contribution is -2.37. The largest absolute Gasteiger partial charge is 0.364 e. The second-order valence-electron chi connectivity index (χ2n) is 6.15. The normalized spacial score (nSPS) is 17.8. The van der Waals surface area contributed by atoms with Crippen LogP contribution < -0.4 is 10.6 Å². The van der Waals surface area contributed by atoms with Crippen LogP contribution in [0.5, 0.6) is 0 Å². The van der Waals surface area contributed by atoms with E-state index >= 15 is 0 Å². The van der Waals surface area contributed by atoms with Gasteiger partial charge in [0.05, 0.1) is 6.20 Å². The molecule has 0 aromatic carbocycles. The van der Waals surface area contributed by atoms with Gasteiger partial charge in [-0.2, -0.15) is 0 Å². The minimum atomic E-state index is -0.539. The molecule has 1 atom stereocenters. The molecule has 2 N–H and O–H groups in total. The number of pyridine rings is 1. The molecule has 3 heterocycles. The van der Waals surface area contributed by atoms with Crippen molar-refractivity contribution in [3.8, 4) is 0 Å². The maximum atomic E-state index is 13.0. The minimum Gasteiger partial charge on any atom is -0.364 e. The van der Waals surface area contributed by atoms with Crippen LogP contribution in [0.2, 0.25) is 0 Å². The van der Waals surface area contributed by atoms with Crippen LogP contribution in [-0.4, -0.2) is 33.9 Å². The molecule has 1 fully saturated rings. The Bertz CT molecular complexity index is 734.